The fourth-order valence-corrected chi connectivity index (χ4v) is 3.83. The van der Waals surface area contributed by atoms with Gasteiger partial charge in [0.1, 0.15) is 5.82 Å². The summed E-state index contributed by atoms with van der Waals surface area (Å²) in [5.74, 6) is -0.271. The smallest absolute Gasteiger partial charge is 0.318 e. The number of fused-ring (bicyclic) bond motifs is 1. The summed E-state index contributed by atoms with van der Waals surface area (Å²) in [4.78, 5) is 14.7. The van der Waals surface area contributed by atoms with Gasteiger partial charge < -0.3 is 16.0 Å². The fourth-order valence-electron chi connectivity index (χ4n) is 3.83. The molecule has 1 aliphatic heterocycles. The Morgan fingerprint density at radius 3 is 2.56 bits per heavy atom. The highest BCUT2D eigenvalue weighted by molar-refractivity contribution is 5.76. The molecule has 1 saturated carbocycles. The zero-order valence-electron chi connectivity index (χ0n) is 14.0. The molecule has 2 amide bonds. The van der Waals surface area contributed by atoms with Crippen LogP contribution in [0.1, 0.15) is 35.6 Å². The number of carbonyl (C=O) groups excluding carboxylic acids is 1. The maximum absolute atomic E-state index is 13.4. The molecule has 2 aromatic rings. The molecule has 1 fully saturated rings. The second-order valence-corrected chi connectivity index (χ2v) is 6.97. The van der Waals surface area contributed by atoms with Gasteiger partial charge in [-0.15, -0.1) is 0 Å². The van der Waals surface area contributed by atoms with Crippen molar-refractivity contribution in [1.29, 1.82) is 0 Å². The minimum atomic E-state index is -0.271. The van der Waals surface area contributed by atoms with Gasteiger partial charge in [-0.2, -0.15) is 0 Å². The maximum atomic E-state index is 13.4. The molecule has 0 bridgehead atoms. The number of benzene rings is 2. The number of nitrogens with zero attached hydrogens (tertiary/aromatic N) is 1. The molecule has 4 rings (SSSR count). The predicted octanol–water partition coefficient (Wildman–Crippen LogP) is 2.97. The van der Waals surface area contributed by atoms with Crippen molar-refractivity contribution in [3.63, 3.8) is 0 Å². The molecule has 2 aromatic carbocycles. The van der Waals surface area contributed by atoms with E-state index in [4.69, 9.17) is 5.73 Å². The zero-order chi connectivity index (χ0) is 17.4. The molecule has 2 aliphatic rings. The molecule has 0 aromatic heterocycles. The standard InChI is InChI=1S/C20H22FN3O/c21-15-7-5-14(6-8-15)19-18-4-2-1-3-13(18)9-10-24(19)20(25)23-17-11-16(22)12-17/h1-8,16-17,19H,9-12,22H2,(H,23,25). The molecule has 1 unspecified atom stereocenters. The van der Waals surface area contributed by atoms with Gasteiger partial charge in [0.15, 0.2) is 0 Å². The van der Waals surface area contributed by atoms with Crippen molar-refractivity contribution in [3.05, 3.63) is 71.0 Å². The van der Waals surface area contributed by atoms with Crippen molar-refractivity contribution in [2.24, 2.45) is 5.73 Å². The Kier molecular flexibility index (Phi) is 4.17. The van der Waals surface area contributed by atoms with E-state index in [2.05, 4.69) is 17.4 Å². The molecule has 3 N–H and O–H groups in total. The highest BCUT2D eigenvalue weighted by Gasteiger charge is 2.34. The summed E-state index contributed by atoms with van der Waals surface area (Å²) in [6.07, 6.45) is 2.49. The summed E-state index contributed by atoms with van der Waals surface area (Å²) >= 11 is 0. The Morgan fingerprint density at radius 1 is 1.12 bits per heavy atom. The van der Waals surface area contributed by atoms with E-state index in [0.717, 1.165) is 30.4 Å². The van der Waals surface area contributed by atoms with Crippen molar-refractivity contribution in [2.75, 3.05) is 6.54 Å². The van der Waals surface area contributed by atoms with Crippen LogP contribution in [0.15, 0.2) is 48.5 Å². The second-order valence-electron chi connectivity index (χ2n) is 6.97. The molecule has 0 saturated heterocycles. The number of nitrogens with two attached hydrogens (primary N) is 1. The Labute approximate surface area is 146 Å². The highest BCUT2D eigenvalue weighted by Crippen LogP contribution is 2.35. The number of amides is 2. The van der Waals surface area contributed by atoms with Crippen molar-refractivity contribution in [3.8, 4) is 0 Å². The monoisotopic (exact) mass is 339 g/mol. The SMILES string of the molecule is NC1CC(NC(=O)N2CCc3ccccc3C2c2ccc(F)cc2)C1. The summed E-state index contributed by atoms with van der Waals surface area (Å²) in [6, 6.07) is 14.7. The lowest BCUT2D eigenvalue weighted by atomic mass is 9.87. The number of halogens is 1. The van der Waals surface area contributed by atoms with Crippen LogP contribution in [0.2, 0.25) is 0 Å². The van der Waals surface area contributed by atoms with Crippen LogP contribution >= 0.6 is 0 Å². The number of hydrogen-bond acceptors (Lipinski definition) is 2. The van der Waals surface area contributed by atoms with Gasteiger partial charge in [-0.25, -0.2) is 9.18 Å². The van der Waals surface area contributed by atoms with Gasteiger partial charge in [-0.1, -0.05) is 36.4 Å². The topological polar surface area (TPSA) is 58.4 Å². The van der Waals surface area contributed by atoms with Crippen molar-refractivity contribution >= 4 is 6.03 Å². The quantitative estimate of drug-likeness (QED) is 0.884. The van der Waals surface area contributed by atoms with Gasteiger partial charge in [-0.05, 0) is 48.1 Å². The van der Waals surface area contributed by atoms with E-state index in [-0.39, 0.29) is 30.0 Å². The van der Waals surface area contributed by atoms with Crippen LogP contribution in [0.3, 0.4) is 0 Å². The molecule has 25 heavy (non-hydrogen) atoms. The lowest BCUT2D eigenvalue weighted by molar-refractivity contribution is 0.167. The molecular weight excluding hydrogens is 317 g/mol. The maximum Gasteiger partial charge on any atom is 0.318 e. The average Bonchev–Trinajstić information content (AvgIpc) is 2.60. The van der Waals surface area contributed by atoms with E-state index in [9.17, 15) is 9.18 Å². The largest absolute Gasteiger partial charge is 0.335 e. The van der Waals surface area contributed by atoms with Crippen LogP contribution < -0.4 is 11.1 Å². The first-order chi connectivity index (χ1) is 12.1. The van der Waals surface area contributed by atoms with Crippen LogP contribution in [-0.4, -0.2) is 29.6 Å². The second kappa shape index (κ2) is 6.48. The van der Waals surface area contributed by atoms with E-state index in [1.165, 1.54) is 17.7 Å². The number of carbonyl (C=O) groups is 1. The predicted molar refractivity (Wildman–Crippen MR) is 94.6 cm³/mol. The molecule has 1 atom stereocenters. The molecule has 0 radical (unpaired) electrons. The molecule has 0 spiro atoms. The summed E-state index contributed by atoms with van der Waals surface area (Å²) < 4.78 is 13.4. The molecule has 4 nitrogen and oxygen atoms in total. The number of urea groups is 1. The lowest BCUT2D eigenvalue weighted by Gasteiger charge is -2.40. The first-order valence-corrected chi connectivity index (χ1v) is 8.78. The first-order valence-electron chi connectivity index (χ1n) is 8.78. The molecular formula is C20H22FN3O. The third kappa shape index (κ3) is 3.12. The average molecular weight is 339 g/mol. The minimum Gasteiger partial charge on any atom is -0.335 e. The number of hydrogen-bond donors (Lipinski definition) is 2. The normalized spacial score (nSPS) is 25.0. The van der Waals surface area contributed by atoms with Gasteiger partial charge in [0.25, 0.3) is 0 Å². The summed E-state index contributed by atoms with van der Waals surface area (Å²) in [7, 11) is 0. The Balaban J connectivity index is 1.65. The number of nitrogens with one attached hydrogen (secondary N) is 1. The van der Waals surface area contributed by atoms with E-state index in [0.29, 0.717) is 6.54 Å². The molecule has 130 valence electrons. The van der Waals surface area contributed by atoms with Crippen LogP contribution in [-0.2, 0) is 6.42 Å². The van der Waals surface area contributed by atoms with Crippen LogP contribution in [0.5, 0.6) is 0 Å². The van der Waals surface area contributed by atoms with Gasteiger partial charge in [-0.3, -0.25) is 0 Å². The lowest BCUT2D eigenvalue weighted by Crippen LogP contribution is -2.55. The summed E-state index contributed by atoms with van der Waals surface area (Å²) in [6.45, 7) is 0.643. The van der Waals surface area contributed by atoms with Gasteiger partial charge in [0, 0.05) is 18.6 Å². The van der Waals surface area contributed by atoms with E-state index in [1.54, 1.807) is 12.1 Å². The first kappa shape index (κ1) is 16.1. The van der Waals surface area contributed by atoms with Crippen molar-refractivity contribution in [2.45, 2.75) is 37.4 Å². The van der Waals surface area contributed by atoms with Crippen LogP contribution in [0, 0.1) is 5.82 Å². The van der Waals surface area contributed by atoms with E-state index in [1.807, 2.05) is 17.0 Å². The van der Waals surface area contributed by atoms with Crippen LogP contribution in [0.4, 0.5) is 9.18 Å². The van der Waals surface area contributed by atoms with Gasteiger partial charge in [0.05, 0.1) is 6.04 Å². The molecule has 1 heterocycles. The summed E-state index contributed by atoms with van der Waals surface area (Å²) in [5.41, 5.74) is 9.10. The van der Waals surface area contributed by atoms with Gasteiger partial charge >= 0.3 is 6.03 Å². The third-order valence-corrected chi connectivity index (χ3v) is 5.23. The van der Waals surface area contributed by atoms with E-state index >= 15 is 0 Å². The summed E-state index contributed by atoms with van der Waals surface area (Å²) in [5, 5.41) is 3.09. The van der Waals surface area contributed by atoms with Crippen LogP contribution in [0.25, 0.3) is 0 Å². The fraction of sp³-hybridized carbons (Fsp3) is 0.350. The molecule has 5 heteroatoms. The zero-order valence-corrected chi connectivity index (χ0v) is 14.0. The van der Waals surface area contributed by atoms with Gasteiger partial charge in [0.2, 0.25) is 0 Å². The third-order valence-electron chi connectivity index (χ3n) is 5.23. The Bertz CT molecular complexity index is 771. The highest BCUT2D eigenvalue weighted by atomic mass is 19.1. The Hall–Kier alpha value is -2.40. The van der Waals surface area contributed by atoms with Crippen molar-refractivity contribution < 1.29 is 9.18 Å². The minimum absolute atomic E-state index is 0.0688. The van der Waals surface area contributed by atoms with Crippen molar-refractivity contribution in [1.82, 2.24) is 10.2 Å². The van der Waals surface area contributed by atoms with E-state index < -0.39 is 0 Å². The Morgan fingerprint density at radius 2 is 1.84 bits per heavy atom. The number of rotatable bonds is 2. The molecule has 1 aliphatic carbocycles.